The Kier molecular flexibility index (Phi) is 5.91. The van der Waals surface area contributed by atoms with E-state index in [4.69, 9.17) is 9.26 Å². The van der Waals surface area contributed by atoms with E-state index in [9.17, 15) is 35.9 Å². The van der Waals surface area contributed by atoms with Gasteiger partial charge >= 0.3 is 12.4 Å². The number of amides is 2. The maximum absolute atomic E-state index is 13.4. The van der Waals surface area contributed by atoms with Gasteiger partial charge in [-0.1, -0.05) is 11.2 Å². The van der Waals surface area contributed by atoms with Crippen molar-refractivity contribution in [2.24, 2.45) is 0 Å². The monoisotopic (exact) mass is 543 g/mol. The van der Waals surface area contributed by atoms with Crippen LogP contribution in [-0.4, -0.2) is 52.3 Å². The van der Waals surface area contributed by atoms with E-state index in [1.54, 1.807) is 18.3 Å². The van der Waals surface area contributed by atoms with Crippen LogP contribution in [0.25, 0.3) is 5.82 Å². The van der Waals surface area contributed by atoms with E-state index < -0.39 is 48.6 Å². The Labute approximate surface area is 210 Å². The summed E-state index contributed by atoms with van der Waals surface area (Å²) in [5, 5.41) is 12.8. The zero-order chi connectivity index (χ0) is 27.5. The Hall–Kier alpha value is -4.04. The molecule has 0 bridgehead atoms. The highest BCUT2D eigenvalue weighted by Gasteiger charge is 2.47. The van der Waals surface area contributed by atoms with Crippen LogP contribution in [0.15, 0.2) is 28.8 Å². The van der Waals surface area contributed by atoms with Gasteiger partial charge in [0.2, 0.25) is 0 Å². The van der Waals surface area contributed by atoms with Crippen LogP contribution < -0.4 is 15.4 Å². The largest absolute Gasteiger partial charge is 0.484 e. The highest BCUT2D eigenvalue weighted by Crippen LogP contribution is 2.44. The quantitative estimate of drug-likeness (QED) is 0.477. The number of hydrogen-bond acceptors (Lipinski definition) is 6. The van der Waals surface area contributed by atoms with Crippen molar-refractivity contribution < 1.29 is 45.2 Å². The van der Waals surface area contributed by atoms with Crippen LogP contribution in [0, 0.1) is 6.92 Å². The molecule has 1 aromatic carbocycles. The molecular formula is C23H19F6N5O4. The van der Waals surface area contributed by atoms with Crippen LogP contribution in [0.2, 0.25) is 0 Å². The summed E-state index contributed by atoms with van der Waals surface area (Å²) in [5.41, 5.74) is -0.153. The second kappa shape index (κ2) is 8.77. The van der Waals surface area contributed by atoms with Gasteiger partial charge in [0.05, 0.1) is 16.8 Å². The fourth-order valence-electron chi connectivity index (χ4n) is 4.82. The number of carbonyl (C=O) groups is 2. The summed E-state index contributed by atoms with van der Waals surface area (Å²) in [6, 6.07) is 5.81. The van der Waals surface area contributed by atoms with E-state index in [-0.39, 0.29) is 29.2 Å². The van der Waals surface area contributed by atoms with Gasteiger partial charge in [0, 0.05) is 12.5 Å². The lowest BCUT2D eigenvalue weighted by Gasteiger charge is -2.35. The summed E-state index contributed by atoms with van der Waals surface area (Å²) in [4.78, 5) is 26.2. The molecule has 202 valence electrons. The number of benzene rings is 1. The lowest BCUT2D eigenvalue weighted by Crippen LogP contribution is -2.50. The van der Waals surface area contributed by atoms with E-state index in [1.165, 1.54) is 18.2 Å². The maximum Gasteiger partial charge on any atom is 0.422 e. The van der Waals surface area contributed by atoms with E-state index in [0.717, 1.165) is 4.68 Å². The fourth-order valence-corrected chi connectivity index (χ4v) is 4.82. The lowest BCUT2D eigenvalue weighted by atomic mass is 9.82. The molecule has 9 nitrogen and oxygen atoms in total. The second-order valence-electron chi connectivity index (χ2n) is 9.11. The molecule has 38 heavy (non-hydrogen) atoms. The second-order valence-corrected chi connectivity index (χ2v) is 9.11. The molecule has 2 aliphatic rings. The van der Waals surface area contributed by atoms with Gasteiger partial charge in [-0.05, 0) is 43.0 Å². The van der Waals surface area contributed by atoms with Crippen LogP contribution in [-0.2, 0) is 18.4 Å². The van der Waals surface area contributed by atoms with Crippen molar-refractivity contribution in [3.05, 3.63) is 58.1 Å². The SMILES string of the molecule is Cc1cc(-n2nc3c(c2C(=O)NCC(F)(F)F)C(=O)N[C@@]2(CCc4cc(OCC(F)(F)F)ccc42)C3)no1. The van der Waals surface area contributed by atoms with E-state index in [2.05, 4.69) is 15.6 Å². The van der Waals surface area contributed by atoms with Crippen LogP contribution in [0.4, 0.5) is 26.3 Å². The zero-order valence-electron chi connectivity index (χ0n) is 19.6. The first kappa shape index (κ1) is 25.6. The molecule has 0 radical (unpaired) electrons. The van der Waals surface area contributed by atoms with Crippen molar-refractivity contribution in [1.82, 2.24) is 25.6 Å². The number of hydrogen-bond donors (Lipinski definition) is 2. The third kappa shape index (κ3) is 4.79. The summed E-state index contributed by atoms with van der Waals surface area (Å²) in [6.07, 6.45) is -8.32. The molecule has 1 aliphatic heterocycles. The van der Waals surface area contributed by atoms with Crippen LogP contribution >= 0.6 is 0 Å². The highest BCUT2D eigenvalue weighted by atomic mass is 19.4. The molecule has 1 spiro atoms. The molecule has 2 aromatic heterocycles. The summed E-state index contributed by atoms with van der Waals surface area (Å²) in [5.74, 6) is -1.56. The standard InChI is InChI=1S/C23H19F6N5O4/c1-11-6-16(33-38-11)34-18(20(36)30-9-22(24,25)26)17-15(32-34)8-21(31-19(17)35)5-4-12-7-13(2-3-14(12)21)37-10-23(27,28)29/h2-3,6-7H,4-5,8-10H2,1H3,(H,30,36)(H,31,35)/t21-/m0/s1. The van der Waals surface area contributed by atoms with Gasteiger partial charge in [0.25, 0.3) is 11.8 Å². The van der Waals surface area contributed by atoms with Gasteiger partial charge in [-0.3, -0.25) is 9.59 Å². The number of aryl methyl sites for hydroxylation is 2. The molecule has 3 aromatic rings. The third-order valence-electron chi connectivity index (χ3n) is 6.32. The summed E-state index contributed by atoms with van der Waals surface area (Å²) >= 11 is 0. The predicted octanol–water partition coefficient (Wildman–Crippen LogP) is 3.53. The van der Waals surface area contributed by atoms with Crippen molar-refractivity contribution in [3.63, 3.8) is 0 Å². The van der Waals surface area contributed by atoms with E-state index >= 15 is 0 Å². The molecular weight excluding hydrogens is 524 g/mol. The zero-order valence-corrected chi connectivity index (χ0v) is 19.6. The first-order chi connectivity index (χ1) is 17.7. The predicted molar refractivity (Wildman–Crippen MR) is 116 cm³/mol. The fraction of sp³-hybridized carbons (Fsp3) is 0.391. The Morgan fingerprint density at radius 2 is 1.97 bits per heavy atom. The van der Waals surface area contributed by atoms with E-state index in [0.29, 0.717) is 29.7 Å². The van der Waals surface area contributed by atoms with Gasteiger partial charge in [0.1, 0.15) is 23.7 Å². The van der Waals surface area contributed by atoms with Crippen molar-refractivity contribution in [3.8, 4) is 11.6 Å². The first-order valence-corrected chi connectivity index (χ1v) is 11.3. The molecule has 5 rings (SSSR count). The van der Waals surface area contributed by atoms with Crippen LogP contribution in [0.5, 0.6) is 5.75 Å². The molecule has 1 aliphatic carbocycles. The van der Waals surface area contributed by atoms with Gasteiger partial charge in [-0.2, -0.15) is 31.4 Å². The van der Waals surface area contributed by atoms with Gasteiger partial charge in [-0.25, -0.2) is 4.68 Å². The van der Waals surface area contributed by atoms with Crippen LogP contribution in [0.1, 0.15) is 49.8 Å². The maximum atomic E-state index is 13.4. The van der Waals surface area contributed by atoms with Gasteiger partial charge < -0.3 is 19.9 Å². The first-order valence-electron chi connectivity index (χ1n) is 11.3. The molecule has 3 heterocycles. The minimum absolute atomic E-state index is 0.00538. The van der Waals surface area contributed by atoms with Gasteiger partial charge in [0.15, 0.2) is 12.4 Å². The normalized spacial score (nSPS) is 18.8. The Morgan fingerprint density at radius 3 is 2.63 bits per heavy atom. The molecule has 2 amide bonds. The number of nitrogens with one attached hydrogen (secondary N) is 2. The molecule has 1 atom stereocenters. The minimum atomic E-state index is -4.69. The van der Waals surface area contributed by atoms with Crippen molar-refractivity contribution in [2.75, 3.05) is 13.2 Å². The number of ether oxygens (including phenoxy) is 1. The lowest BCUT2D eigenvalue weighted by molar-refractivity contribution is -0.153. The average Bonchev–Trinajstić information content (AvgIpc) is 3.51. The number of fused-ring (bicyclic) bond motifs is 3. The number of nitrogens with zero attached hydrogens (tertiary/aromatic N) is 3. The molecule has 0 fully saturated rings. The van der Waals surface area contributed by atoms with Crippen molar-refractivity contribution in [2.45, 2.75) is 44.1 Å². The number of carbonyl (C=O) groups excluding carboxylic acids is 2. The number of aromatic nitrogens is 3. The van der Waals surface area contributed by atoms with Crippen LogP contribution in [0.3, 0.4) is 0 Å². The van der Waals surface area contributed by atoms with Crippen molar-refractivity contribution >= 4 is 11.8 Å². The number of halogens is 6. The smallest absolute Gasteiger partial charge is 0.422 e. The summed E-state index contributed by atoms with van der Waals surface area (Å²) < 4.78 is 86.7. The molecule has 0 saturated heterocycles. The highest BCUT2D eigenvalue weighted by molar-refractivity contribution is 6.08. The number of rotatable bonds is 5. The van der Waals surface area contributed by atoms with E-state index in [1.807, 2.05) is 0 Å². The Balaban J connectivity index is 1.51. The average molecular weight is 543 g/mol. The molecule has 0 saturated carbocycles. The Morgan fingerprint density at radius 1 is 1.21 bits per heavy atom. The van der Waals surface area contributed by atoms with Gasteiger partial charge in [-0.15, -0.1) is 0 Å². The summed E-state index contributed by atoms with van der Waals surface area (Å²) in [7, 11) is 0. The molecule has 0 unspecified atom stereocenters. The number of alkyl halides is 6. The topological polar surface area (TPSA) is 111 Å². The van der Waals surface area contributed by atoms with Crippen molar-refractivity contribution in [1.29, 1.82) is 0 Å². The molecule has 15 heteroatoms. The summed E-state index contributed by atoms with van der Waals surface area (Å²) in [6.45, 7) is -1.51. The third-order valence-corrected chi connectivity index (χ3v) is 6.32. The minimum Gasteiger partial charge on any atom is -0.484 e. The Bertz CT molecular complexity index is 1430. The molecule has 2 N–H and O–H groups in total.